The fourth-order valence-electron chi connectivity index (χ4n) is 2.93. The van der Waals surface area contributed by atoms with Crippen molar-refractivity contribution in [2.24, 2.45) is 0 Å². The van der Waals surface area contributed by atoms with Crippen molar-refractivity contribution in [1.29, 1.82) is 0 Å². The van der Waals surface area contributed by atoms with Crippen molar-refractivity contribution in [2.45, 2.75) is 37.6 Å². The third-order valence-electron chi connectivity index (χ3n) is 3.91. The Morgan fingerprint density at radius 2 is 1.69 bits per heavy atom. The van der Waals surface area contributed by atoms with E-state index in [2.05, 4.69) is 59.2 Å². The van der Waals surface area contributed by atoms with Crippen LogP contribution in [0.2, 0.25) is 0 Å². The van der Waals surface area contributed by atoms with E-state index in [-0.39, 0.29) is 5.54 Å². The third-order valence-corrected chi connectivity index (χ3v) is 4.60. The van der Waals surface area contributed by atoms with Crippen molar-refractivity contribution < 1.29 is 0 Å². The number of hydrogen-bond donors (Lipinski definition) is 0. The Hall–Kier alpha value is -0.340. The molecule has 1 saturated carbocycles. The minimum absolute atomic E-state index is 0.248. The van der Waals surface area contributed by atoms with Crippen molar-refractivity contribution in [1.82, 2.24) is 4.90 Å². The summed E-state index contributed by atoms with van der Waals surface area (Å²) in [5, 5.41) is 0. The van der Waals surface area contributed by atoms with Gasteiger partial charge in [-0.25, -0.2) is 0 Å². The molecule has 0 spiro atoms. The molecule has 1 nitrogen and oxygen atoms in total. The van der Waals surface area contributed by atoms with Gasteiger partial charge in [-0.1, -0.05) is 53.4 Å². The van der Waals surface area contributed by atoms with Crippen LogP contribution < -0.4 is 0 Å². The van der Waals surface area contributed by atoms with Gasteiger partial charge in [-0.3, -0.25) is 4.90 Å². The number of nitrogens with zero attached hydrogens (tertiary/aromatic N) is 1. The number of halogens is 1. The van der Waals surface area contributed by atoms with E-state index >= 15 is 0 Å². The van der Waals surface area contributed by atoms with Gasteiger partial charge in [0.25, 0.3) is 0 Å². The molecule has 2 rings (SSSR count). The van der Waals surface area contributed by atoms with Crippen molar-refractivity contribution in [3.05, 3.63) is 34.3 Å². The second kappa shape index (κ2) is 4.89. The second-order valence-electron chi connectivity index (χ2n) is 4.97. The van der Waals surface area contributed by atoms with E-state index in [0.29, 0.717) is 0 Å². The first kappa shape index (κ1) is 12.1. The first-order valence-electron chi connectivity index (χ1n) is 6.09. The smallest absolute Gasteiger partial charge is 0.0465 e. The number of rotatable bonds is 2. The molecular formula is C14H20BrN. The Balaban J connectivity index is 2.43. The van der Waals surface area contributed by atoms with Crippen molar-refractivity contribution in [3.8, 4) is 0 Å². The summed E-state index contributed by atoms with van der Waals surface area (Å²) < 4.78 is 1.26. The van der Waals surface area contributed by atoms with E-state index in [1.807, 2.05) is 0 Å². The van der Waals surface area contributed by atoms with Gasteiger partial charge < -0.3 is 0 Å². The predicted octanol–water partition coefficient (Wildman–Crippen LogP) is 4.17. The SMILES string of the molecule is CN(C)C1(c2ccccc2Br)CCCCC1. The standard InChI is InChI=1S/C14H20BrN/c1-16(2)14(10-6-3-7-11-14)12-8-4-5-9-13(12)15/h4-5,8-9H,3,6-7,10-11H2,1-2H3. The zero-order valence-corrected chi connectivity index (χ0v) is 11.8. The fourth-order valence-corrected chi connectivity index (χ4v) is 3.59. The molecule has 2 heteroatoms. The zero-order chi connectivity index (χ0) is 11.6. The quantitative estimate of drug-likeness (QED) is 0.787. The van der Waals surface area contributed by atoms with Gasteiger partial charge in [0.05, 0.1) is 0 Å². The maximum atomic E-state index is 3.71. The highest BCUT2D eigenvalue weighted by molar-refractivity contribution is 9.10. The monoisotopic (exact) mass is 281 g/mol. The Kier molecular flexibility index (Phi) is 3.70. The normalized spacial score (nSPS) is 20.0. The maximum Gasteiger partial charge on any atom is 0.0465 e. The summed E-state index contributed by atoms with van der Waals surface area (Å²) in [4.78, 5) is 2.41. The lowest BCUT2D eigenvalue weighted by atomic mass is 9.76. The molecule has 0 aliphatic heterocycles. The molecule has 0 unspecified atom stereocenters. The number of hydrogen-bond acceptors (Lipinski definition) is 1. The zero-order valence-electron chi connectivity index (χ0n) is 10.2. The lowest BCUT2D eigenvalue weighted by molar-refractivity contribution is 0.0981. The average Bonchev–Trinajstić information content (AvgIpc) is 2.30. The molecule has 0 amide bonds. The molecule has 0 N–H and O–H groups in total. The van der Waals surface area contributed by atoms with E-state index in [1.165, 1.54) is 42.1 Å². The van der Waals surface area contributed by atoms with Crippen LogP contribution in [0.25, 0.3) is 0 Å². The first-order valence-corrected chi connectivity index (χ1v) is 6.88. The minimum atomic E-state index is 0.248. The van der Waals surface area contributed by atoms with E-state index in [1.54, 1.807) is 0 Å². The van der Waals surface area contributed by atoms with Crippen LogP contribution in [0.4, 0.5) is 0 Å². The van der Waals surface area contributed by atoms with Crippen molar-refractivity contribution >= 4 is 15.9 Å². The number of benzene rings is 1. The average molecular weight is 282 g/mol. The molecule has 0 atom stereocenters. The maximum absolute atomic E-state index is 3.71. The largest absolute Gasteiger partial charge is 0.300 e. The van der Waals surface area contributed by atoms with Crippen molar-refractivity contribution in [2.75, 3.05) is 14.1 Å². The van der Waals surface area contributed by atoms with Crippen molar-refractivity contribution in [3.63, 3.8) is 0 Å². The molecular weight excluding hydrogens is 262 g/mol. The van der Waals surface area contributed by atoms with Crippen LogP contribution in [0.3, 0.4) is 0 Å². The van der Waals surface area contributed by atoms with E-state index in [4.69, 9.17) is 0 Å². The second-order valence-corrected chi connectivity index (χ2v) is 5.82. The fraction of sp³-hybridized carbons (Fsp3) is 0.571. The lowest BCUT2D eigenvalue weighted by Gasteiger charge is -2.44. The topological polar surface area (TPSA) is 3.24 Å². The highest BCUT2D eigenvalue weighted by Gasteiger charge is 2.36. The summed E-state index contributed by atoms with van der Waals surface area (Å²) >= 11 is 3.71. The van der Waals surface area contributed by atoms with Crippen LogP contribution in [-0.4, -0.2) is 19.0 Å². The summed E-state index contributed by atoms with van der Waals surface area (Å²) in [6.45, 7) is 0. The van der Waals surface area contributed by atoms with Gasteiger partial charge in [0.1, 0.15) is 0 Å². The molecule has 0 heterocycles. The molecule has 1 aliphatic carbocycles. The van der Waals surface area contributed by atoms with Gasteiger partial charge in [-0.15, -0.1) is 0 Å². The molecule has 1 aromatic carbocycles. The van der Waals surface area contributed by atoms with Crippen LogP contribution >= 0.6 is 15.9 Å². The van der Waals surface area contributed by atoms with Gasteiger partial charge in [0.15, 0.2) is 0 Å². The van der Waals surface area contributed by atoms with Gasteiger partial charge in [0, 0.05) is 10.0 Å². The third kappa shape index (κ3) is 2.05. The summed E-state index contributed by atoms with van der Waals surface area (Å²) in [7, 11) is 4.43. The summed E-state index contributed by atoms with van der Waals surface area (Å²) in [6.07, 6.45) is 6.64. The minimum Gasteiger partial charge on any atom is -0.300 e. The van der Waals surface area contributed by atoms with E-state index in [9.17, 15) is 0 Å². The molecule has 1 aliphatic rings. The molecule has 0 aromatic heterocycles. The van der Waals surface area contributed by atoms with Crippen LogP contribution in [0.5, 0.6) is 0 Å². The molecule has 1 fully saturated rings. The first-order chi connectivity index (χ1) is 7.67. The van der Waals surface area contributed by atoms with Gasteiger partial charge in [-0.05, 0) is 38.6 Å². The van der Waals surface area contributed by atoms with Gasteiger partial charge in [-0.2, -0.15) is 0 Å². The predicted molar refractivity (Wildman–Crippen MR) is 72.6 cm³/mol. The Morgan fingerprint density at radius 3 is 2.25 bits per heavy atom. The molecule has 0 saturated heterocycles. The van der Waals surface area contributed by atoms with Crippen LogP contribution in [0.15, 0.2) is 28.7 Å². The molecule has 0 bridgehead atoms. The molecule has 16 heavy (non-hydrogen) atoms. The van der Waals surface area contributed by atoms with Crippen LogP contribution in [0.1, 0.15) is 37.7 Å². The molecule has 88 valence electrons. The molecule has 0 radical (unpaired) electrons. The lowest BCUT2D eigenvalue weighted by Crippen LogP contribution is -2.43. The van der Waals surface area contributed by atoms with E-state index < -0.39 is 0 Å². The van der Waals surface area contributed by atoms with Crippen LogP contribution in [0, 0.1) is 0 Å². The van der Waals surface area contributed by atoms with Crippen LogP contribution in [-0.2, 0) is 5.54 Å². The highest BCUT2D eigenvalue weighted by Crippen LogP contribution is 2.43. The van der Waals surface area contributed by atoms with Gasteiger partial charge in [0.2, 0.25) is 0 Å². The summed E-state index contributed by atoms with van der Waals surface area (Å²) in [5.74, 6) is 0. The Bertz CT molecular complexity index is 354. The Labute approximate surface area is 107 Å². The van der Waals surface area contributed by atoms with Gasteiger partial charge >= 0.3 is 0 Å². The summed E-state index contributed by atoms with van der Waals surface area (Å²) in [5.41, 5.74) is 1.71. The van der Waals surface area contributed by atoms with E-state index in [0.717, 1.165) is 0 Å². The highest BCUT2D eigenvalue weighted by atomic mass is 79.9. The molecule has 1 aromatic rings. The summed E-state index contributed by atoms with van der Waals surface area (Å²) in [6, 6.07) is 8.68. The Morgan fingerprint density at radius 1 is 1.06 bits per heavy atom.